The van der Waals surface area contributed by atoms with Crippen molar-refractivity contribution in [2.75, 3.05) is 27.3 Å². The summed E-state index contributed by atoms with van der Waals surface area (Å²) in [5.74, 6) is 0. The maximum Gasteiger partial charge on any atom is 0.169 e. The van der Waals surface area contributed by atoms with Crippen molar-refractivity contribution < 1.29 is 4.74 Å². The lowest BCUT2D eigenvalue weighted by Gasteiger charge is -2.20. The smallest absolute Gasteiger partial charge is 0.169 e. The number of ether oxygens (including phenoxy) is 1. The van der Waals surface area contributed by atoms with Crippen LogP contribution in [0.25, 0.3) is 0 Å². The van der Waals surface area contributed by atoms with Gasteiger partial charge >= 0.3 is 0 Å². The molecule has 1 aromatic heterocycles. The molecule has 0 radical (unpaired) electrons. The van der Waals surface area contributed by atoms with E-state index in [0.29, 0.717) is 0 Å². The topological polar surface area (TPSA) is 24.5 Å². The number of rotatable bonds is 6. The molecule has 0 unspecified atom stereocenters. The Balaban J connectivity index is 2.20. The Bertz CT molecular complexity index is 301. The number of hydrogen-bond acceptors (Lipinski definition) is 3. The first-order valence-electron chi connectivity index (χ1n) is 5.24. The average Bonchev–Trinajstić information content (AvgIpc) is 2.76. The van der Waals surface area contributed by atoms with Gasteiger partial charge in [-0.05, 0) is 30.1 Å². The van der Waals surface area contributed by atoms with Crippen molar-refractivity contribution in [2.24, 2.45) is 0 Å². The van der Waals surface area contributed by atoms with Gasteiger partial charge in [-0.3, -0.25) is 0 Å². The maximum absolute atomic E-state index is 5.28. The van der Waals surface area contributed by atoms with Crippen molar-refractivity contribution in [2.45, 2.75) is 13.0 Å². The minimum Gasteiger partial charge on any atom is -0.385 e. The Morgan fingerprint density at radius 1 is 1.62 bits per heavy atom. The molecule has 0 aromatic carbocycles. The van der Waals surface area contributed by atoms with Gasteiger partial charge in [-0.15, -0.1) is 11.3 Å². The number of nitrogens with zero attached hydrogens (tertiary/aromatic N) is 1. The molecule has 0 atom stereocenters. The fourth-order valence-electron chi connectivity index (χ4n) is 1.25. The molecule has 1 N–H and O–H groups in total. The van der Waals surface area contributed by atoms with Gasteiger partial charge in [0.05, 0.1) is 6.54 Å². The molecule has 0 aliphatic rings. The van der Waals surface area contributed by atoms with Crippen LogP contribution in [0.4, 0.5) is 0 Å². The van der Waals surface area contributed by atoms with Crippen LogP contribution in [0.3, 0.4) is 0 Å². The first-order valence-corrected chi connectivity index (χ1v) is 6.53. The summed E-state index contributed by atoms with van der Waals surface area (Å²) in [6.45, 7) is 2.50. The third kappa shape index (κ3) is 4.92. The molecule has 1 rings (SSSR count). The zero-order valence-electron chi connectivity index (χ0n) is 9.73. The van der Waals surface area contributed by atoms with E-state index < -0.39 is 0 Å². The summed E-state index contributed by atoms with van der Waals surface area (Å²) in [5, 5.41) is 6.09. The third-order valence-corrected chi connectivity index (χ3v) is 3.44. The monoisotopic (exact) mass is 258 g/mol. The Morgan fingerprint density at radius 2 is 2.44 bits per heavy atom. The molecular formula is C11H18N2OS2. The van der Waals surface area contributed by atoms with Crippen LogP contribution in [0.5, 0.6) is 0 Å². The summed E-state index contributed by atoms with van der Waals surface area (Å²) in [7, 11) is 3.71. The van der Waals surface area contributed by atoms with E-state index in [1.807, 2.05) is 11.9 Å². The van der Waals surface area contributed by atoms with Gasteiger partial charge < -0.3 is 15.0 Å². The van der Waals surface area contributed by atoms with Gasteiger partial charge in [-0.1, -0.05) is 6.07 Å². The van der Waals surface area contributed by atoms with Gasteiger partial charge in [0, 0.05) is 32.2 Å². The second kappa shape index (κ2) is 7.60. The Kier molecular flexibility index (Phi) is 6.37. The number of hydrogen-bond donors (Lipinski definition) is 1. The van der Waals surface area contributed by atoms with Crippen LogP contribution >= 0.6 is 23.6 Å². The van der Waals surface area contributed by atoms with Crippen molar-refractivity contribution in [3.05, 3.63) is 22.4 Å². The second-order valence-electron chi connectivity index (χ2n) is 3.51. The third-order valence-electron chi connectivity index (χ3n) is 2.12. The van der Waals surface area contributed by atoms with Gasteiger partial charge in [0.15, 0.2) is 5.11 Å². The first-order chi connectivity index (χ1) is 7.74. The van der Waals surface area contributed by atoms with Gasteiger partial charge in [0.2, 0.25) is 0 Å². The van der Waals surface area contributed by atoms with E-state index in [1.165, 1.54) is 4.88 Å². The van der Waals surface area contributed by atoms with E-state index >= 15 is 0 Å². The predicted octanol–water partition coefficient (Wildman–Crippen LogP) is 2.09. The Labute approximate surface area is 106 Å². The van der Waals surface area contributed by atoms with Crippen molar-refractivity contribution in [1.82, 2.24) is 10.2 Å². The van der Waals surface area contributed by atoms with Crippen LogP contribution in [-0.2, 0) is 11.3 Å². The Morgan fingerprint density at radius 3 is 3.06 bits per heavy atom. The van der Waals surface area contributed by atoms with E-state index in [9.17, 15) is 0 Å². The van der Waals surface area contributed by atoms with Gasteiger partial charge in [-0.2, -0.15) is 0 Å². The maximum atomic E-state index is 5.28. The summed E-state index contributed by atoms with van der Waals surface area (Å²) in [6, 6.07) is 4.18. The molecule has 0 saturated heterocycles. The van der Waals surface area contributed by atoms with Gasteiger partial charge in [-0.25, -0.2) is 0 Å². The molecule has 0 aliphatic carbocycles. The Hall–Kier alpha value is -0.650. The normalized spacial score (nSPS) is 10.1. The lowest BCUT2D eigenvalue weighted by molar-refractivity contribution is 0.195. The highest BCUT2D eigenvalue weighted by Gasteiger charge is 2.04. The molecule has 0 amide bonds. The van der Waals surface area contributed by atoms with E-state index in [0.717, 1.165) is 31.2 Å². The van der Waals surface area contributed by atoms with E-state index in [2.05, 4.69) is 22.8 Å². The number of nitrogens with one attached hydrogen (secondary N) is 1. The summed E-state index contributed by atoms with van der Waals surface area (Å²) in [4.78, 5) is 3.37. The van der Waals surface area contributed by atoms with Crippen molar-refractivity contribution in [1.29, 1.82) is 0 Å². The number of thiophene rings is 1. The zero-order chi connectivity index (χ0) is 11.8. The van der Waals surface area contributed by atoms with E-state index in [4.69, 9.17) is 17.0 Å². The fraction of sp³-hybridized carbons (Fsp3) is 0.545. The second-order valence-corrected chi connectivity index (χ2v) is 4.93. The standard InChI is InChI=1S/C11H18N2OS2/c1-13(9-10-5-3-8-16-10)11(15)12-6-4-7-14-2/h3,5,8H,4,6-7,9H2,1-2H3,(H,12,15). The largest absolute Gasteiger partial charge is 0.385 e. The molecule has 16 heavy (non-hydrogen) atoms. The predicted molar refractivity (Wildman–Crippen MR) is 72.9 cm³/mol. The molecule has 90 valence electrons. The number of thiocarbonyl (C=S) groups is 1. The first kappa shape index (κ1) is 13.4. The fourth-order valence-corrected chi connectivity index (χ4v) is 2.18. The highest BCUT2D eigenvalue weighted by atomic mass is 32.1. The van der Waals surface area contributed by atoms with Crippen LogP contribution in [0.15, 0.2) is 17.5 Å². The van der Waals surface area contributed by atoms with Crippen LogP contribution in [0.2, 0.25) is 0 Å². The molecule has 0 fully saturated rings. The minimum absolute atomic E-state index is 0.768. The summed E-state index contributed by atoms with van der Waals surface area (Å²) in [5.41, 5.74) is 0. The van der Waals surface area contributed by atoms with Gasteiger partial charge in [0.1, 0.15) is 0 Å². The molecular weight excluding hydrogens is 240 g/mol. The van der Waals surface area contributed by atoms with Gasteiger partial charge in [0.25, 0.3) is 0 Å². The van der Waals surface area contributed by atoms with Crippen molar-refractivity contribution >= 4 is 28.7 Å². The molecule has 0 aliphatic heterocycles. The van der Waals surface area contributed by atoms with Crippen LogP contribution in [0, 0.1) is 0 Å². The van der Waals surface area contributed by atoms with Crippen molar-refractivity contribution in [3.63, 3.8) is 0 Å². The summed E-state index contributed by atoms with van der Waals surface area (Å²) < 4.78 is 4.97. The average molecular weight is 258 g/mol. The molecule has 5 heteroatoms. The summed E-state index contributed by atoms with van der Waals surface area (Å²) >= 11 is 7.03. The lowest BCUT2D eigenvalue weighted by Crippen LogP contribution is -2.37. The molecule has 1 heterocycles. The minimum atomic E-state index is 0.768. The van der Waals surface area contributed by atoms with E-state index in [-0.39, 0.29) is 0 Å². The molecule has 1 aromatic rings. The summed E-state index contributed by atoms with van der Waals surface area (Å²) in [6.07, 6.45) is 0.976. The van der Waals surface area contributed by atoms with E-state index in [1.54, 1.807) is 18.4 Å². The highest BCUT2D eigenvalue weighted by Crippen LogP contribution is 2.10. The lowest BCUT2D eigenvalue weighted by atomic mass is 10.4. The SMILES string of the molecule is COCCCNC(=S)N(C)Cc1cccs1. The van der Waals surface area contributed by atoms with Crippen LogP contribution in [0.1, 0.15) is 11.3 Å². The zero-order valence-corrected chi connectivity index (χ0v) is 11.4. The molecule has 0 bridgehead atoms. The van der Waals surface area contributed by atoms with Crippen LogP contribution < -0.4 is 5.32 Å². The molecule has 0 saturated carbocycles. The molecule has 3 nitrogen and oxygen atoms in total. The highest BCUT2D eigenvalue weighted by molar-refractivity contribution is 7.80. The molecule has 0 spiro atoms. The number of methoxy groups -OCH3 is 1. The van der Waals surface area contributed by atoms with Crippen molar-refractivity contribution in [3.8, 4) is 0 Å². The quantitative estimate of drug-likeness (QED) is 0.624. The van der Waals surface area contributed by atoms with Crippen LogP contribution in [-0.4, -0.2) is 37.3 Å².